The average Bonchev–Trinajstić information content (AvgIpc) is 3.42. The summed E-state index contributed by atoms with van der Waals surface area (Å²) in [5.74, 6) is 0.446. The van der Waals surface area contributed by atoms with Crippen molar-refractivity contribution in [2.45, 2.75) is 38.7 Å². The van der Waals surface area contributed by atoms with Crippen LogP contribution in [0.5, 0.6) is 5.75 Å². The number of nitrogens with zero attached hydrogens (tertiary/aromatic N) is 1. The summed E-state index contributed by atoms with van der Waals surface area (Å²) >= 11 is 0. The molecule has 1 amide bonds. The van der Waals surface area contributed by atoms with Gasteiger partial charge < -0.3 is 19.7 Å². The topological polar surface area (TPSA) is 50.8 Å². The second kappa shape index (κ2) is 8.65. The molecule has 0 spiro atoms. The molecule has 2 aromatic carbocycles. The highest BCUT2D eigenvalue weighted by molar-refractivity contribution is 6.06. The molecule has 4 rings (SSSR count). The van der Waals surface area contributed by atoms with Crippen molar-refractivity contribution in [3.8, 4) is 5.75 Å². The fraction of sp³-hybridized carbons (Fsp3) is 0.435. The predicted molar refractivity (Wildman–Crippen MR) is 111 cm³/mol. The van der Waals surface area contributed by atoms with Gasteiger partial charge in [-0.25, -0.2) is 0 Å². The summed E-state index contributed by atoms with van der Waals surface area (Å²) < 4.78 is 11.5. The number of aryl methyl sites for hydroxylation is 1. The van der Waals surface area contributed by atoms with Gasteiger partial charge in [0.05, 0.1) is 11.7 Å². The Balaban J connectivity index is 1.44. The molecule has 5 nitrogen and oxygen atoms in total. The Labute approximate surface area is 166 Å². The van der Waals surface area contributed by atoms with Gasteiger partial charge in [0.2, 0.25) is 0 Å². The van der Waals surface area contributed by atoms with E-state index < -0.39 is 0 Å². The van der Waals surface area contributed by atoms with Gasteiger partial charge in [-0.1, -0.05) is 12.1 Å². The van der Waals surface area contributed by atoms with Crippen molar-refractivity contribution < 1.29 is 14.3 Å². The molecule has 0 aliphatic carbocycles. The van der Waals surface area contributed by atoms with Gasteiger partial charge in [-0.15, -0.1) is 0 Å². The number of anilines is 2. The summed E-state index contributed by atoms with van der Waals surface area (Å²) in [4.78, 5) is 15.3. The summed E-state index contributed by atoms with van der Waals surface area (Å²) in [6.45, 7) is 5.53. The van der Waals surface area contributed by atoms with E-state index in [-0.39, 0.29) is 12.0 Å². The average molecular weight is 380 g/mol. The van der Waals surface area contributed by atoms with Crippen LogP contribution in [0.25, 0.3) is 0 Å². The Hall–Kier alpha value is -2.53. The maximum atomic E-state index is 12.9. The number of hydrogen-bond donors (Lipinski definition) is 1. The summed E-state index contributed by atoms with van der Waals surface area (Å²) in [6.07, 6.45) is 4.71. The quantitative estimate of drug-likeness (QED) is 0.807. The van der Waals surface area contributed by atoms with E-state index in [1.165, 1.54) is 18.5 Å². The first-order chi connectivity index (χ1) is 13.7. The number of carbonyl (C=O) groups is 1. The molecule has 2 saturated heterocycles. The summed E-state index contributed by atoms with van der Waals surface area (Å²) in [6, 6.07) is 13.6. The van der Waals surface area contributed by atoms with Gasteiger partial charge in [0.1, 0.15) is 12.4 Å². The highest BCUT2D eigenvalue weighted by Gasteiger charge is 2.19. The lowest BCUT2D eigenvalue weighted by Crippen LogP contribution is -2.20. The fourth-order valence-corrected chi connectivity index (χ4v) is 3.89. The SMILES string of the molecule is Cc1cc(N2CCCC2)ccc1NC(=O)c1ccccc1OCC1CCCO1. The molecule has 2 aromatic rings. The van der Waals surface area contributed by atoms with Gasteiger partial charge in [0.25, 0.3) is 5.91 Å². The Bertz CT molecular complexity index is 824. The molecule has 28 heavy (non-hydrogen) atoms. The Morgan fingerprint density at radius 2 is 2.00 bits per heavy atom. The molecule has 0 bridgehead atoms. The molecule has 2 fully saturated rings. The molecule has 0 aromatic heterocycles. The van der Waals surface area contributed by atoms with E-state index in [0.29, 0.717) is 17.9 Å². The first-order valence-electron chi connectivity index (χ1n) is 10.2. The lowest BCUT2D eigenvalue weighted by atomic mass is 10.1. The highest BCUT2D eigenvalue weighted by atomic mass is 16.5. The van der Waals surface area contributed by atoms with Gasteiger partial charge in [0, 0.05) is 31.1 Å². The van der Waals surface area contributed by atoms with Crippen LogP contribution in [0.1, 0.15) is 41.6 Å². The van der Waals surface area contributed by atoms with Crippen LogP contribution in [-0.4, -0.2) is 38.3 Å². The number of ether oxygens (including phenoxy) is 2. The molecule has 0 radical (unpaired) electrons. The summed E-state index contributed by atoms with van der Waals surface area (Å²) in [5, 5.41) is 3.04. The molecule has 1 unspecified atom stereocenters. The van der Waals surface area contributed by atoms with E-state index in [1.807, 2.05) is 31.2 Å². The van der Waals surface area contributed by atoms with Gasteiger partial charge in [-0.3, -0.25) is 4.79 Å². The largest absolute Gasteiger partial charge is 0.490 e. The summed E-state index contributed by atoms with van der Waals surface area (Å²) in [5.41, 5.74) is 3.68. The van der Waals surface area contributed by atoms with Crippen LogP contribution in [-0.2, 0) is 4.74 Å². The smallest absolute Gasteiger partial charge is 0.259 e. The van der Waals surface area contributed by atoms with Crippen molar-refractivity contribution in [3.63, 3.8) is 0 Å². The minimum Gasteiger partial charge on any atom is -0.490 e. The highest BCUT2D eigenvalue weighted by Crippen LogP contribution is 2.27. The molecule has 2 aliphatic rings. The minimum atomic E-state index is -0.153. The van der Waals surface area contributed by atoms with Crippen molar-refractivity contribution >= 4 is 17.3 Å². The molecular formula is C23H28N2O3. The zero-order chi connectivity index (χ0) is 19.3. The normalized spacial score (nSPS) is 19.0. The van der Waals surface area contributed by atoms with E-state index in [2.05, 4.69) is 22.3 Å². The second-order valence-corrected chi connectivity index (χ2v) is 7.59. The van der Waals surface area contributed by atoms with Crippen LogP contribution >= 0.6 is 0 Å². The molecule has 1 atom stereocenters. The Kier molecular flexibility index (Phi) is 5.81. The van der Waals surface area contributed by atoms with E-state index in [4.69, 9.17) is 9.47 Å². The number of rotatable bonds is 6. The van der Waals surface area contributed by atoms with Crippen LogP contribution in [0.3, 0.4) is 0 Å². The molecular weight excluding hydrogens is 352 g/mol. The number of carbonyl (C=O) groups excluding carboxylic acids is 1. The molecule has 2 heterocycles. The second-order valence-electron chi connectivity index (χ2n) is 7.59. The van der Waals surface area contributed by atoms with Crippen LogP contribution in [0.15, 0.2) is 42.5 Å². The maximum Gasteiger partial charge on any atom is 0.259 e. The van der Waals surface area contributed by atoms with Gasteiger partial charge in [-0.05, 0) is 68.5 Å². The zero-order valence-electron chi connectivity index (χ0n) is 16.4. The third-order valence-corrected chi connectivity index (χ3v) is 5.51. The van der Waals surface area contributed by atoms with Gasteiger partial charge >= 0.3 is 0 Å². The fourth-order valence-electron chi connectivity index (χ4n) is 3.89. The van der Waals surface area contributed by atoms with Crippen molar-refractivity contribution in [1.29, 1.82) is 0 Å². The number of amides is 1. The van der Waals surface area contributed by atoms with E-state index in [1.54, 1.807) is 6.07 Å². The number of para-hydroxylation sites is 1. The van der Waals surface area contributed by atoms with Gasteiger partial charge in [-0.2, -0.15) is 0 Å². The molecule has 148 valence electrons. The Morgan fingerprint density at radius 1 is 1.18 bits per heavy atom. The molecule has 0 saturated carbocycles. The van der Waals surface area contributed by atoms with E-state index in [9.17, 15) is 4.79 Å². The van der Waals surface area contributed by atoms with Crippen molar-refractivity contribution in [3.05, 3.63) is 53.6 Å². The third kappa shape index (κ3) is 4.30. The maximum absolute atomic E-state index is 12.9. The van der Waals surface area contributed by atoms with E-state index in [0.717, 1.165) is 43.8 Å². The zero-order valence-corrected chi connectivity index (χ0v) is 16.4. The van der Waals surface area contributed by atoms with Crippen LogP contribution in [0, 0.1) is 6.92 Å². The van der Waals surface area contributed by atoms with Crippen LogP contribution < -0.4 is 15.0 Å². The van der Waals surface area contributed by atoms with Crippen molar-refractivity contribution in [1.82, 2.24) is 0 Å². The third-order valence-electron chi connectivity index (χ3n) is 5.51. The molecule has 2 aliphatic heterocycles. The standard InChI is InChI=1S/C23H28N2O3/c1-17-15-18(25-12-4-5-13-25)10-11-21(17)24-23(26)20-8-2-3-9-22(20)28-16-19-7-6-14-27-19/h2-3,8-11,15,19H,4-7,12-14,16H2,1H3,(H,24,26). The lowest BCUT2D eigenvalue weighted by Gasteiger charge is -2.19. The van der Waals surface area contributed by atoms with Gasteiger partial charge in [0.15, 0.2) is 0 Å². The number of hydrogen-bond acceptors (Lipinski definition) is 4. The van der Waals surface area contributed by atoms with Crippen molar-refractivity contribution in [2.24, 2.45) is 0 Å². The lowest BCUT2D eigenvalue weighted by molar-refractivity contribution is 0.0673. The van der Waals surface area contributed by atoms with Crippen molar-refractivity contribution in [2.75, 3.05) is 36.5 Å². The molecule has 5 heteroatoms. The molecule has 1 N–H and O–H groups in total. The predicted octanol–water partition coefficient (Wildman–Crippen LogP) is 4.41. The summed E-state index contributed by atoms with van der Waals surface area (Å²) in [7, 11) is 0. The van der Waals surface area contributed by atoms with Crippen LogP contribution in [0.4, 0.5) is 11.4 Å². The first-order valence-corrected chi connectivity index (χ1v) is 10.2. The number of nitrogens with one attached hydrogen (secondary N) is 1. The monoisotopic (exact) mass is 380 g/mol. The minimum absolute atomic E-state index is 0.122. The van der Waals surface area contributed by atoms with Crippen LogP contribution in [0.2, 0.25) is 0 Å². The van der Waals surface area contributed by atoms with E-state index >= 15 is 0 Å². The Morgan fingerprint density at radius 3 is 2.75 bits per heavy atom. The first kappa shape index (κ1) is 18.8. The number of benzene rings is 2.